The van der Waals surface area contributed by atoms with Gasteiger partial charge in [-0.1, -0.05) is 6.07 Å². The number of hydrogen-bond donors (Lipinski definition) is 2. The molecule has 1 fully saturated rings. The molecule has 2 N–H and O–H groups in total. The first kappa shape index (κ1) is 21.8. The third-order valence-corrected chi connectivity index (χ3v) is 5.46. The Morgan fingerprint density at radius 2 is 2.00 bits per heavy atom. The molecule has 32 heavy (non-hydrogen) atoms. The lowest BCUT2D eigenvalue weighted by Crippen LogP contribution is -2.41. The predicted octanol–water partition coefficient (Wildman–Crippen LogP) is 2.84. The second-order valence-electron chi connectivity index (χ2n) is 8.04. The first-order valence-corrected chi connectivity index (χ1v) is 10.8. The molecule has 1 amide bonds. The summed E-state index contributed by atoms with van der Waals surface area (Å²) in [4.78, 5) is 24.0. The van der Waals surface area contributed by atoms with Gasteiger partial charge in [-0.25, -0.2) is 9.97 Å². The standard InChI is InChI=1S/C23H29N7O2/c1-16(15-30-11-4-5-12-30)25-22(31)21-14-20(28-29(21)2)19-9-10-24-23(27-19)26-17-7-6-8-18(13-17)32-3/h6-10,13-14,16H,4-5,11-12,15H2,1-3H3,(H,25,31)(H,24,26,27)/t16-/m0/s1. The first-order chi connectivity index (χ1) is 15.5. The Bertz CT molecular complexity index is 1080. The van der Waals surface area contributed by atoms with Gasteiger partial charge in [-0.15, -0.1) is 0 Å². The fourth-order valence-corrected chi connectivity index (χ4v) is 3.89. The highest BCUT2D eigenvalue weighted by atomic mass is 16.5. The largest absolute Gasteiger partial charge is 0.497 e. The molecule has 9 heteroatoms. The maximum Gasteiger partial charge on any atom is 0.269 e. The van der Waals surface area contributed by atoms with Crippen LogP contribution in [0.25, 0.3) is 11.4 Å². The van der Waals surface area contributed by atoms with E-state index in [9.17, 15) is 4.79 Å². The lowest BCUT2D eigenvalue weighted by Gasteiger charge is -2.21. The molecule has 1 saturated heterocycles. The summed E-state index contributed by atoms with van der Waals surface area (Å²) in [6.07, 6.45) is 4.14. The van der Waals surface area contributed by atoms with Crippen LogP contribution in [0.5, 0.6) is 5.75 Å². The van der Waals surface area contributed by atoms with Gasteiger partial charge in [-0.05, 0) is 57.1 Å². The van der Waals surface area contributed by atoms with Crippen molar-refractivity contribution in [1.82, 2.24) is 30.0 Å². The van der Waals surface area contributed by atoms with E-state index in [1.807, 2.05) is 31.2 Å². The third-order valence-electron chi connectivity index (χ3n) is 5.46. The van der Waals surface area contributed by atoms with Gasteiger partial charge in [0.1, 0.15) is 17.1 Å². The Morgan fingerprint density at radius 1 is 1.19 bits per heavy atom. The molecule has 0 saturated carbocycles. The van der Waals surface area contributed by atoms with Crippen molar-refractivity contribution in [2.45, 2.75) is 25.8 Å². The van der Waals surface area contributed by atoms with Gasteiger partial charge in [0.05, 0.1) is 12.8 Å². The maximum absolute atomic E-state index is 12.8. The number of anilines is 2. The van der Waals surface area contributed by atoms with Crippen LogP contribution in [-0.4, -0.2) is 63.3 Å². The lowest BCUT2D eigenvalue weighted by molar-refractivity contribution is 0.0922. The summed E-state index contributed by atoms with van der Waals surface area (Å²) in [5.41, 5.74) is 2.55. The SMILES string of the molecule is COc1cccc(Nc2nccc(-c3cc(C(=O)N[C@@H](C)CN4CCCC4)n(C)n3)n2)c1. The van der Waals surface area contributed by atoms with Crippen LogP contribution in [0, 0.1) is 0 Å². The maximum atomic E-state index is 12.8. The molecule has 4 rings (SSSR count). The molecule has 0 radical (unpaired) electrons. The van der Waals surface area contributed by atoms with Gasteiger partial charge in [0, 0.05) is 37.6 Å². The van der Waals surface area contributed by atoms with Gasteiger partial charge in [0.25, 0.3) is 5.91 Å². The summed E-state index contributed by atoms with van der Waals surface area (Å²) < 4.78 is 6.84. The molecule has 168 valence electrons. The minimum absolute atomic E-state index is 0.0664. The zero-order valence-corrected chi connectivity index (χ0v) is 18.7. The van der Waals surface area contributed by atoms with Crippen LogP contribution in [0.4, 0.5) is 11.6 Å². The smallest absolute Gasteiger partial charge is 0.269 e. The number of carbonyl (C=O) groups is 1. The summed E-state index contributed by atoms with van der Waals surface area (Å²) in [5.74, 6) is 1.04. The van der Waals surface area contributed by atoms with E-state index < -0.39 is 0 Å². The highest BCUT2D eigenvalue weighted by Crippen LogP contribution is 2.22. The van der Waals surface area contributed by atoms with E-state index in [1.165, 1.54) is 12.8 Å². The van der Waals surface area contributed by atoms with E-state index in [2.05, 4.69) is 30.6 Å². The fourth-order valence-electron chi connectivity index (χ4n) is 3.89. The Morgan fingerprint density at radius 3 is 2.78 bits per heavy atom. The van der Waals surface area contributed by atoms with Crippen LogP contribution >= 0.6 is 0 Å². The predicted molar refractivity (Wildman–Crippen MR) is 123 cm³/mol. The van der Waals surface area contributed by atoms with Gasteiger partial charge < -0.3 is 20.3 Å². The zero-order valence-electron chi connectivity index (χ0n) is 18.7. The highest BCUT2D eigenvalue weighted by molar-refractivity contribution is 5.93. The third kappa shape index (κ3) is 5.23. The van der Waals surface area contributed by atoms with Crippen molar-refractivity contribution in [2.75, 3.05) is 32.1 Å². The number of nitrogens with one attached hydrogen (secondary N) is 2. The average Bonchev–Trinajstić information content (AvgIpc) is 3.43. The number of carbonyl (C=O) groups excluding carboxylic acids is 1. The molecule has 2 aromatic heterocycles. The number of amides is 1. The van der Waals surface area contributed by atoms with E-state index in [-0.39, 0.29) is 11.9 Å². The average molecular weight is 436 g/mol. The second-order valence-corrected chi connectivity index (χ2v) is 8.04. The monoisotopic (exact) mass is 435 g/mol. The van der Waals surface area contributed by atoms with E-state index in [0.717, 1.165) is 31.1 Å². The van der Waals surface area contributed by atoms with Crippen LogP contribution in [0.15, 0.2) is 42.6 Å². The van der Waals surface area contributed by atoms with Crippen LogP contribution in [0.1, 0.15) is 30.3 Å². The molecule has 1 aliphatic rings. The number of nitrogens with zero attached hydrogens (tertiary/aromatic N) is 5. The van der Waals surface area contributed by atoms with Gasteiger partial charge in [-0.2, -0.15) is 5.10 Å². The number of ether oxygens (including phenoxy) is 1. The lowest BCUT2D eigenvalue weighted by atomic mass is 10.2. The van der Waals surface area contributed by atoms with Crippen molar-refractivity contribution in [1.29, 1.82) is 0 Å². The molecule has 3 heterocycles. The molecule has 1 aromatic carbocycles. The van der Waals surface area contributed by atoms with Gasteiger partial charge in [-0.3, -0.25) is 9.48 Å². The second kappa shape index (κ2) is 9.78. The number of likely N-dealkylation sites (tertiary alicyclic amines) is 1. The number of benzene rings is 1. The van der Waals surface area contributed by atoms with E-state index in [0.29, 0.717) is 23.0 Å². The topological polar surface area (TPSA) is 97.2 Å². The Labute approximate surface area is 187 Å². The molecule has 0 unspecified atom stereocenters. The van der Waals surface area contributed by atoms with Crippen molar-refractivity contribution in [3.05, 3.63) is 48.3 Å². The Balaban J connectivity index is 1.45. The van der Waals surface area contributed by atoms with Gasteiger partial charge in [0.15, 0.2) is 0 Å². The minimum atomic E-state index is -0.137. The van der Waals surface area contributed by atoms with Crippen LogP contribution < -0.4 is 15.4 Å². The normalized spacial score (nSPS) is 14.8. The number of aromatic nitrogens is 4. The fraction of sp³-hybridized carbons (Fsp3) is 0.391. The van der Waals surface area contributed by atoms with Crippen molar-refractivity contribution < 1.29 is 9.53 Å². The Kier molecular flexibility index (Phi) is 6.65. The van der Waals surface area contributed by atoms with E-state index >= 15 is 0 Å². The van der Waals surface area contributed by atoms with Crippen molar-refractivity contribution in [3.8, 4) is 17.1 Å². The summed E-state index contributed by atoms with van der Waals surface area (Å²) in [5, 5.41) is 10.8. The summed E-state index contributed by atoms with van der Waals surface area (Å²) in [6.45, 7) is 5.11. The molecule has 1 atom stereocenters. The Hall–Kier alpha value is -3.46. The summed E-state index contributed by atoms with van der Waals surface area (Å²) in [6, 6.07) is 11.1. The quantitative estimate of drug-likeness (QED) is 0.561. The van der Waals surface area contributed by atoms with Crippen LogP contribution in [0.3, 0.4) is 0 Å². The van der Waals surface area contributed by atoms with Crippen LogP contribution in [0.2, 0.25) is 0 Å². The molecule has 9 nitrogen and oxygen atoms in total. The van der Waals surface area contributed by atoms with Gasteiger partial charge >= 0.3 is 0 Å². The van der Waals surface area contributed by atoms with E-state index in [1.54, 1.807) is 37.2 Å². The molecule has 0 bridgehead atoms. The number of rotatable bonds is 8. The van der Waals surface area contributed by atoms with E-state index in [4.69, 9.17) is 4.74 Å². The summed E-state index contributed by atoms with van der Waals surface area (Å²) >= 11 is 0. The molecular weight excluding hydrogens is 406 g/mol. The highest BCUT2D eigenvalue weighted by Gasteiger charge is 2.20. The number of aryl methyl sites for hydroxylation is 1. The van der Waals surface area contributed by atoms with Crippen LogP contribution in [-0.2, 0) is 7.05 Å². The molecular formula is C23H29N7O2. The van der Waals surface area contributed by atoms with Crippen molar-refractivity contribution >= 4 is 17.5 Å². The van der Waals surface area contributed by atoms with Crippen molar-refractivity contribution in [2.24, 2.45) is 7.05 Å². The van der Waals surface area contributed by atoms with Crippen molar-refractivity contribution in [3.63, 3.8) is 0 Å². The minimum Gasteiger partial charge on any atom is -0.497 e. The molecule has 0 spiro atoms. The van der Waals surface area contributed by atoms with Gasteiger partial charge in [0.2, 0.25) is 5.95 Å². The summed E-state index contributed by atoms with van der Waals surface area (Å²) in [7, 11) is 3.39. The zero-order chi connectivity index (χ0) is 22.5. The molecule has 3 aromatic rings. The number of methoxy groups -OCH3 is 1. The first-order valence-electron chi connectivity index (χ1n) is 10.8. The molecule has 1 aliphatic heterocycles. The molecule has 0 aliphatic carbocycles. The number of hydrogen-bond acceptors (Lipinski definition) is 7.